The first kappa shape index (κ1) is 19.5. The van der Waals surface area contributed by atoms with Crippen molar-refractivity contribution in [2.45, 2.75) is 57.7 Å². The van der Waals surface area contributed by atoms with Crippen molar-refractivity contribution in [1.82, 2.24) is 20.0 Å². The van der Waals surface area contributed by atoms with Crippen LogP contribution >= 0.6 is 11.3 Å². The Morgan fingerprint density at radius 3 is 2.83 bits per heavy atom. The molecule has 1 atom stereocenters. The number of amides is 1. The van der Waals surface area contributed by atoms with Gasteiger partial charge >= 0.3 is 5.97 Å². The maximum atomic E-state index is 13.2. The van der Waals surface area contributed by atoms with Gasteiger partial charge in [-0.1, -0.05) is 36.6 Å². The molecule has 0 spiro atoms. The first-order valence-electron chi connectivity index (χ1n) is 9.84. The maximum absolute atomic E-state index is 13.2. The minimum atomic E-state index is -0.900. The number of carbonyl (C=O) groups excluding carboxylic acids is 2. The number of fused-ring (bicyclic) bond motifs is 1. The Morgan fingerprint density at radius 1 is 1.28 bits per heavy atom. The Labute approximate surface area is 172 Å². The van der Waals surface area contributed by atoms with E-state index in [1.807, 2.05) is 29.6 Å². The first-order valence-corrected chi connectivity index (χ1v) is 10.7. The van der Waals surface area contributed by atoms with Crippen molar-refractivity contribution in [3.8, 4) is 0 Å². The van der Waals surface area contributed by atoms with Gasteiger partial charge in [-0.3, -0.25) is 14.5 Å². The summed E-state index contributed by atoms with van der Waals surface area (Å²) in [5, 5.41) is 10.5. The van der Waals surface area contributed by atoms with Crippen LogP contribution in [-0.2, 0) is 20.9 Å². The molecule has 0 N–H and O–H groups in total. The molecule has 9 heteroatoms. The molecule has 0 saturated heterocycles. The summed E-state index contributed by atoms with van der Waals surface area (Å²) in [4.78, 5) is 31.7. The van der Waals surface area contributed by atoms with E-state index >= 15 is 0 Å². The molecule has 2 heterocycles. The van der Waals surface area contributed by atoms with Crippen LogP contribution in [0.3, 0.4) is 0 Å². The van der Waals surface area contributed by atoms with Crippen LogP contribution in [0.15, 0.2) is 35.8 Å². The van der Waals surface area contributed by atoms with Crippen molar-refractivity contribution in [3.05, 3.63) is 35.8 Å². The molecule has 3 aromatic rings. The number of esters is 1. The summed E-state index contributed by atoms with van der Waals surface area (Å²) in [5.41, 5.74) is 1.45. The summed E-state index contributed by atoms with van der Waals surface area (Å²) in [6.45, 7) is 1.52. The summed E-state index contributed by atoms with van der Waals surface area (Å²) in [5.74, 6) is -0.757. The lowest BCUT2D eigenvalue weighted by molar-refractivity contribution is -0.154. The molecular formula is C20H23N5O3S. The predicted octanol–water partition coefficient (Wildman–Crippen LogP) is 3.19. The van der Waals surface area contributed by atoms with Crippen LogP contribution in [0.2, 0.25) is 0 Å². The minimum absolute atomic E-state index is 0.0984. The summed E-state index contributed by atoms with van der Waals surface area (Å²) >= 11 is 1.43. The number of carbonyl (C=O) groups is 2. The molecule has 1 aromatic carbocycles. The second-order valence-electron chi connectivity index (χ2n) is 7.18. The molecule has 1 fully saturated rings. The SMILES string of the molecule is CC(OC(=O)Cn1nnc2ccccc21)C(=O)N(c1nccs1)C1CCCCC1. The average Bonchev–Trinajstić information content (AvgIpc) is 3.40. The number of para-hydroxylation sites is 1. The number of hydrogen-bond acceptors (Lipinski definition) is 7. The summed E-state index contributed by atoms with van der Waals surface area (Å²) in [7, 11) is 0. The highest BCUT2D eigenvalue weighted by atomic mass is 32.1. The third kappa shape index (κ3) is 4.29. The molecule has 1 aliphatic carbocycles. The highest BCUT2D eigenvalue weighted by molar-refractivity contribution is 7.13. The number of thiazole rings is 1. The van der Waals surface area contributed by atoms with Gasteiger partial charge in [0, 0.05) is 17.6 Å². The van der Waals surface area contributed by atoms with E-state index in [2.05, 4.69) is 15.3 Å². The molecule has 8 nitrogen and oxygen atoms in total. The standard InChI is InChI=1S/C20H23N5O3S/c1-14(28-18(26)13-24-17-10-6-5-9-16(17)22-23-24)19(27)25(20-21-11-12-29-20)15-7-3-2-4-8-15/h5-6,9-12,14-15H,2-4,7-8,13H2,1H3. The molecule has 0 bridgehead atoms. The van der Waals surface area contributed by atoms with E-state index in [4.69, 9.17) is 4.74 Å². The van der Waals surface area contributed by atoms with Gasteiger partial charge in [0.25, 0.3) is 5.91 Å². The number of anilines is 1. The predicted molar refractivity (Wildman–Crippen MR) is 110 cm³/mol. The van der Waals surface area contributed by atoms with Crippen molar-refractivity contribution in [1.29, 1.82) is 0 Å². The van der Waals surface area contributed by atoms with E-state index < -0.39 is 12.1 Å². The fourth-order valence-electron chi connectivity index (χ4n) is 3.74. The van der Waals surface area contributed by atoms with Gasteiger partial charge in [-0.2, -0.15) is 0 Å². The average molecular weight is 414 g/mol. The normalized spacial score (nSPS) is 15.9. The molecular weight excluding hydrogens is 390 g/mol. The summed E-state index contributed by atoms with van der Waals surface area (Å²) in [6, 6.07) is 7.48. The fraction of sp³-hybridized carbons (Fsp3) is 0.450. The van der Waals surface area contributed by atoms with Gasteiger partial charge in [-0.05, 0) is 31.9 Å². The van der Waals surface area contributed by atoms with E-state index in [0.717, 1.165) is 31.2 Å². The highest BCUT2D eigenvalue weighted by Crippen LogP contribution is 2.29. The Hall–Kier alpha value is -2.81. The lowest BCUT2D eigenvalue weighted by Crippen LogP contribution is -2.47. The Bertz CT molecular complexity index is 981. The van der Waals surface area contributed by atoms with Crippen molar-refractivity contribution in [2.24, 2.45) is 0 Å². The van der Waals surface area contributed by atoms with Gasteiger partial charge in [0.2, 0.25) is 0 Å². The van der Waals surface area contributed by atoms with Crippen LogP contribution in [0.25, 0.3) is 11.0 Å². The van der Waals surface area contributed by atoms with Crippen LogP contribution in [0.1, 0.15) is 39.0 Å². The second-order valence-corrected chi connectivity index (χ2v) is 8.06. The summed E-state index contributed by atoms with van der Waals surface area (Å²) < 4.78 is 6.94. The largest absolute Gasteiger partial charge is 0.451 e. The number of ether oxygens (including phenoxy) is 1. The number of nitrogens with zero attached hydrogens (tertiary/aromatic N) is 5. The molecule has 0 aliphatic heterocycles. The van der Waals surface area contributed by atoms with Crippen LogP contribution in [0.5, 0.6) is 0 Å². The molecule has 29 heavy (non-hydrogen) atoms. The third-order valence-electron chi connectivity index (χ3n) is 5.16. The zero-order valence-electron chi connectivity index (χ0n) is 16.2. The minimum Gasteiger partial charge on any atom is -0.451 e. The third-order valence-corrected chi connectivity index (χ3v) is 5.93. The number of benzene rings is 1. The quantitative estimate of drug-likeness (QED) is 0.577. The lowest BCUT2D eigenvalue weighted by atomic mass is 9.94. The van der Waals surface area contributed by atoms with Crippen molar-refractivity contribution < 1.29 is 14.3 Å². The van der Waals surface area contributed by atoms with Gasteiger partial charge in [-0.15, -0.1) is 16.4 Å². The van der Waals surface area contributed by atoms with Gasteiger partial charge in [0.15, 0.2) is 11.2 Å². The van der Waals surface area contributed by atoms with E-state index in [-0.39, 0.29) is 18.5 Å². The molecule has 1 aliphatic rings. The molecule has 1 amide bonds. The van der Waals surface area contributed by atoms with Crippen LogP contribution < -0.4 is 4.90 Å². The van der Waals surface area contributed by atoms with Crippen molar-refractivity contribution >= 4 is 39.4 Å². The topological polar surface area (TPSA) is 90.2 Å². The van der Waals surface area contributed by atoms with Gasteiger partial charge in [0.05, 0.1) is 5.52 Å². The van der Waals surface area contributed by atoms with E-state index in [1.54, 1.807) is 18.0 Å². The van der Waals surface area contributed by atoms with Crippen LogP contribution in [0, 0.1) is 0 Å². The molecule has 2 aromatic heterocycles. The smallest absolute Gasteiger partial charge is 0.328 e. The Balaban J connectivity index is 1.45. The number of hydrogen-bond donors (Lipinski definition) is 0. The van der Waals surface area contributed by atoms with Crippen LogP contribution in [-0.4, -0.2) is 44.0 Å². The van der Waals surface area contributed by atoms with Crippen molar-refractivity contribution in [3.63, 3.8) is 0 Å². The Morgan fingerprint density at radius 2 is 2.07 bits per heavy atom. The highest BCUT2D eigenvalue weighted by Gasteiger charge is 2.33. The summed E-state index contributed by atoms with van der Waals surface area (Å²) in [6.07, 6.45) is 6.04. The molecule has 0 radical (unpaired) electrons. The zero-order valence-corrected chi connectivity index (χ0v) is 17.0. The van der Waals surface area contributed by atoms with E-state index in [0.29, 0.717) is 10.6 Å². The lowest BCUT2D eigenvalue weighted by Gasteiger charge is -2.33. The van der Waals surface area contributed by atoms with Crippen molar-refractivity contribution in [2.75, 3.05) is 4.90 Å². The molecule has 4 rings (SSSR count). The molecule has 1 unspecified atom stereocenters. The Kier molecular flexibility index (Phi) is 5.84. The van der Waals surface area contributed by atoms with Gasteiger partial charge in [0.1, 0.15) is 12.1 Å². The second kappa shape index (κ2) is 8.69. The number of aromatic nitrogens is 4. The van der Waals surface area contributed by atoms with Gasteiger partial charge in [-0.25, -0.2) is 9.67 Å². The fourth-order valence-corrected chi connectivity index (χ4v) is 4.46. The zero-order chi connectivity index (χ0) is 20.2. The molecule has 152 valence electrons. The maximum Gasteiger partial charge on any atom is 0.328 e. The van der Waals surface area contributed by atoms with Crippen LogP contribution in [0.4, 0.5) is 5.13 Å². The van der Waals surface area contributed by atoms with E-state index in [9.17, 15) is 9.59 Å². The van der Waals surface area contributed by atoms with E-state index in [1.165, 1.54) is 22.4 Å². The van der Waals surface area contributed by atoms with Gasteiger partial charge < -0.3 is 4.74 Å². The molecule has 1 saturated carbocycles. The monoisotopic (exact) mass is 413 g/mol. The number of rotatable bonds is 6. The first-order chi connectivity index (χ1) is 14.1.